The highest BCUT2D eigenvalue weighted by molar-refractivity contribution is 6.46. The molecular formula is C12H24O4Si. The second-order valence-corrected chi connectivity index (χ2v) is 6.52. The molecule has 4 nitrogen and oxygen atoms in total. The Labute approximate surface area is 106 Å². The SMILES string of the molecule is C=CC(=O)OCCCC(CCC)[SiH](OC)OC. The Morgan fingerprint density at radius 3 is 2.47 bits per heavy atom. The first-order valence-corrected chi connectivity index (χ1v) is 7.65. The fourth-order valence-electron chi connectivity index (χ4n) is 1.85. The first-order valence-electron chi connectivity index (χ1n) is 6.04. The van der Waals surface area contributed by atoms with E-state index in [1.54, 1.807) is 14.2 Å². The van der Waals surface area contributed by atoms with Gasteiger partial charge in [0.2, 0.25) is 0 Å². The highest BCUT2D eigenvalue weighted by atomic mass is 28.3. The number of esters is 1. The van der Waals surface area contributed by atoms with Crippen LogP contribution in [0.1, 0.15) is 32.6 Å². The summed E-state index contributed by atoms with van der Waals surface area (Å²) in [6.07, 6.45) is 5.24. The fraction of sp³-hybridized carbons (Fsp3) is 0.750. The molecule has 0 aromatic carbocycles. The van der Waals surface area contributed by atoms with E-state index < -0.39 is 9.28 Å². The van der Waals surface area contributed by atoms with Crippen molar-refractivity contribution in [1.82, 2.24) is 0 Å². The molecule has 17 heavy (non-hydrogen) atoms. The van der Waals surface area contributed by atoms with Crippen LogP contribution >= 0.6 is 0 Å². The lowest BCUT2D eigenvalue weighted by Crippen LogP contribution is -2.26. The average Bonchev–Trinajstić information content (AvgIpc) is 2.35. The van der Waals surface area contributed by atoms with Crippen molar-refractivity contribution in [2.24, 2.45) is 0 Å². The molecule has 0 aliphatic carbocycles. The predicted octanol–water partition coefficient (Wildman–Crippen LogP) is 2.18. The summed E-state index contributed by atoms with van der Waals surface area (Å²) in [5.74, 6) is -0.357. The molecule has 0 saturated carbocycles. The molecule has 0 amide bonds. The molecule has 1 unspecified atom stereocenters. The van der Waals surface area contributed by atoms with Crippen LogP contribution in [-0.4, -0.2) is 36.1 Å². The molecule has 0 heterocycles. The number of carbonyl (C=O) groups is 1. The van der Waals surface area contributed by atoms with Gasteiger partial charge in [-0.15, -0.1) is 0 Å². The van der Waals surface area contributed by atoms with E-state index in [0.29, 0.717) is 12.1 Å². The van der Waals surface area contributed by atoms with Gasteiger partial charge in [-0.25, -0.2) is 4.79 Å². The van der Waals surface area contributed by atoms with Gasteiger partial charge < -0.3 is 13.6 Å². The maximum absolute atomic E-state index is 10.8. The van der Waals surface area contributed by atoms with Gasteiger partial charge in [0.25, 0.3) is 0 Å². The van der Waals surface area contributed by atoms with Gasteiger partial charge in [0.05, 0.1) is 6.61 Å². The summed E-state index contributed by atoms with van der Waals surface area (Å²) in [6, 6.07) is 0. The molecule has 0 spiro atoms. The first-order chi connectivity index (χ1) is 8.19. The summed E-state index contributed by atoms with van der Waals surface area (Å²) < 4.78 is 15.8. The highest BCUT2D eigenvalue weighted by Crippen LogP contribution is 2.24. The minimum absolute atomic E-state index is 0.357. The number of carbonyl (C=O) groups excluding carboxylic acids is 1. The van der Waals surface area contributed by atoms with Crippen LogP contribution in [0.4, 0.5) is 0 Å². The van der Waals surface area contributed by atoms with Crippen molar-refractivity contribution in [2.45, 2.75) is 38.1 Å². The maximum Gasteiger partial charge on any atom is 0.330 e. The highest BCUT2D eigenvalue weighted by Gasteiger charge is 2.23. The molecule has 0 N–H and O–H groups in total. The monoisotopic (exact) mass is 260 g/mol. The number of rotatable bonds is 10. The van der Waals surface area contributed by atoms with E-state index >= 15 is 0 Å². The fourth-order valence-corrected chi connectivity index (χ4v) is 3.92. The van der Waals surface area contributed by atoms with Crippen LogP contribution in [0.25, 0.3) is 0 Å². The third-order valence-electron chi connectivity index (χ3n) is 2.64. The lowest BCUT2D eigenvalue weighted by molar-refractivity contribution is -0.137. The van der Waals surface area contributed by atoms with E-state index in [1.807, 2.05) is 0 Å². The Hall–Kier alpha value is -0.653. The van der Waals surface area contributed by atoms with E-state index in [4.69, 9.17) is 13.6 Å². The molecule has 0 aromatic rings. The third-order valence-corrected chi connectivity index (χ3v) is 5.00. The summed E-state index contributed by atoms with van der Waals surface area (Å²) in [4.78, 5) is 10.8. The number of hydrogen-bond acceptors (Lipinski definition) is 4. The molecule has 0 fully saturated rings. The van der Waals surface area contributed by atoms with E-state index in [2.05, 4.69) is 13.5 Å². The van der Waals surface area contributed by atoms with Crippen LogP contribution in [0.15, 0.2) is 12.7 Å². The van der Waals surface area contributed by atoms with Crippen molar-refractivity contribution in [2.75, 3.05) is 20.8 Å². The van der Waals surface area contributed by atoms with Gasteiger partial charge in [0.1, 0.15) is 0 Å². The smallest absolute Gasteiger partial charge is 0.330 e. The van der Waals surface area contributed by atoms with E-state index in [1.165, 1.54) is 6.08 Å². The zero-order chi connectivity index (χ0) is 13.1. The van der Waals surface area contributed by atoms with Gasteiger partial charge in [0, 0.05) is 20.3 Å². The van der Waals surface area contributed by atoms with E-state index in [0.717, 1.165) is 25.7 Å². The molecule has 5 heteroatoms. The zero-order valence-electron chi connectivity index (χ0n) is 11.1. The molecule has 0 saturated heterocycles. The molecule has 0 aliphatic rings. The van der Waals surface area contributed by atoms with E-state index in [-0.39, 0.29) is 5.97 Å². The van der Waals surface area contributed by atoms with Crippen LogP contribution in [-0.2, 0) is 18.4 Å². The van der Waals surface area contributed by atoms with Gasteiger partial charge in [-0.1, -0.05) is 19.9 Å². The normalized spacial score (nSPS) is 12.5. The summed E-state index contributed by atoms with van der Waals surface area (Å²) in [5, 5.41) is 0. The van der Waals surface area contributed by atoms with Crippen LogP contribution in [0.5, 0.6) is 0 Å². The molecule has 1 atom stereocenters. The van der Waals surface area contributed by atoms with Gasteiger partial charge in [-0.2, -0.15) is 0 Å². The minimum Gasteiger partial charge on any atom is -0.463 e. The Morgan fingerprint density at radius 2 is 2.00 bits per heavy atom. The van der Waals surface area contributed by atoms with Gasteiger partial charge in [-0.05, 0) is 24.8 Å². The number of ether oxygens (including phenoxy) is 1. The molecular weight excluding hydrogens is 236 g/mol. The third kappa shape index (κ3) is 7.30. The Morgan fingerprint density at radius 1 is 1.35 bits per heavy atom. The summed E-state index contributed by atoms with van der Waals surface area (Å²) in [7, 11) is 1.86. The average molecular weight is 260 g/mol. The summed E-state index contributed by atoms with van der Waals surface area (Å²) in [6.45, 7) is 5.95. The first kappa shape index (κ1) is 16.3. The van der Waals surface area contributed by atoms with Crippen molar-refractivity contribution >= 4 is 15.3 Å². The van der Waals surface area contributed by atoms with Crippen molar-refractivity contribution in [3.63, 3.8) is 0 Å². The van der Waals surface area contributed by atoms with Crippen LogP contribution in [0.3, 0.4) is 0 Å². The van der Waals surface area contributed by atoms with Crippen molar-refractivity contribution < 1.29 is 18.4 Å². The topological polar surface area (TPSA) is 44.8 Å². The van der Waals surface area contributed by atoms with Crippen LogP contribution in [0, 0.1) is 0 Å². The van der Waals surface area contributed by atoms with Crippen molar-refractivity contribution in [3.05, 3.63) is 12.7 Å². The Kier molecular flexibility index (Phi) is 10.1. The van der Waals surface area contributed by atoms with Crippen LogP contribution < -0.4 is 0 Å². The largest absolute Gasteiger partial charge is 0.463 e. The molecule has 0 bridgehead atoms. The second-order valence-electron chi connectivity index (χ2n) is 3.90. The standard InChI is InChI=1S/C12H24O4Si/c1-5-8-11(17(14-3)15-4)9-7-10-16-12(13)6-2/h6,11,17H,2,5,7-10H2,1,3-4H3. The van der Waals surface area contributed by atoms with E-state index in [9.17, 15) is 4.79 Å². The van der Waals surface area contributed by atoms with Crippen LogP contribution in [0.2, 0.25) is 5.54 Å². The van der Waals surface area contributed by atoms with Gasteiger partial charge >= 0.3 is 15.3 Å². The van der Waals surface area contributed by atoms with Gasteiger partial charge in [0.15, 0.2) is 0 Å². The van der Waals surface area contributed by atoms with Gasteiger partial charge in [-0.3, -0.25) is 0 Å². The van der Waals surface area contributed by atoms with Crippen molar-refractivity contribution in [1.29, 1.82) is 0 Å². The lowest BCUT2D eigenvalue weighted by Gasteiger charge is -2.22. The molecule has 0 aliphatic heterocycles. The molecule has 0 rings (SSSR count). The zero-order valence-corrected chi connectivity index (χ0v) is 12.3. The number of hydrogen-bond donors (Lipinski definition) is 0. The molecule has 0 radical (unpaired) electrons. The molecule has 100 valence electrons. The lowest BCUT2D eigenvalue weighted by atomic mass is 10.1. The Balaban J connectivity index is 3.91. The van der Waals surface area contributed by atoms with Crippen molar-refractivity contribution in [3.8, 4) is 0 Å². The minimum atomic E-state index is -1.56. The Bertz CT molecular complexity index is 217. The summed E-state index contributed by atoms with van der Waals surface area (Å²) in [5.41, 5.74) is 0.484. The second kappa shape index (κ2) is 10.5. The molecule has 0 aromatic heterocycles. The quantitative estimate of drug-likeness (QED) is 0.261. The maximum atomic E-state index is 10.8. The summed E-state index contributed by atoms with van der Waals surface area (Å²) >= 11 is 0. The predicted molar refractivity (Wildman–Crippen MR) is 70.2 cm³/mol.